The summed E-state index contributed by atoms with van der Waals surface area (Å²) >= 11 is 1.39. The Morgan fingerprint density at radius 1 is 1.35 bits per heavy atom. The first-order chi connectivity index (χ1) is 11.2. The van der Waals surface area contributed by atoms with E-state index >= 15 is 0 Å². The van der Waals surface area contributed by atoms with Gasteiger partial charge in [0.1, 0.15) is 0 Å². The molecule has 0 spiro atoms. The molecule has 1 amide bonds. The second kappa shape index (κ2) is 8.69. The van der Waals surface area contributed by atoms with Gasteiger partial charge in [0.2, 0.25) is 5.91 Å². The minimum absolute atomic E-state index is 0.00275. The van der Waals surface area contributed by atoms with Crippen molar-refractivity contribution in [1.82, 2.24) is 20.1 Å². The van der Waals surface area contributed by atoms with Crippen molar-refractivity contribution in [2.75, 3.05) is 19.5 Å². The van der Waals surface area contributed by atoms with Gasteiger partial charge in [-0.25, -0.2) is 0 Å². The van der Waals surface area contributed by atoms with Crippen molar-refractivity contribution in [1.29, 1.82) is 0 Å². The molecule has 124 valence electrons. The second-order valence-corrected chi connectivity index (χ2v) is 6.07. The summed E-state index contributed by atoms with van der Waals surface area (Å²) in [5, 5.41) is 12.1. The Morgan fingerprint density at radius 2 is 2.09 bits per heavy atom. The third kappa shape index (κ3) is 4.80. The molecule has 1 heterocycles. The van der Waals surface area contributed by atoms with Gasteiger partial charge >= 0.3 is 0 Å². The summed E-state index contributed by atoms with van der Waals surface area (Å²) < 4.78 is 7.03. The molecule has 0 aliphatic carbocycles. The predicted octanol–water partition coefficient (Wildman–Crippen LogP) is 2.21. The smallest absolute Gasteiger partial charge is 0.230 e. The highest BCUT2D eigenvalue weighted by molar-refractivity contribution is 7.99. The lowest BCUT2D eigenvalue weighted by Gasteiger charge is -2.12. The van der Waals surface area contributed by atoms with Crippen molar-refractivity contribution in [2.45, 2.75) is 31.6 Å². The average Bonchev–Trinajstić information content (AvgIpc) is 2.96. The lowest BCUT2D eigenvalue weighted by Crippen LogP contribution is -2.36. The van der Waals surface area contributed by atoms with Crippen LogP contribution >= 0.6 is 11.8 Å². The summed E-state index contributed by atoms with van der Waals surface area (Å²) in [5.74, 6) is 1.09. The fourth-order valence-electron chi connectivity index (χ4n) is 2.22. The fourth-order valence-corrected chi connectivity index (χ4v) is 3.03. The fraction of sp³-hybridized carbons (Fsp3) is 0.438. The van der Waals surface area contributed by atoms with Crippen LogP contribution in [0.5, 0.6) is 0 Å². The van der Waals surface area contributed by atoms with Crippen LogP contribution < -0.4 is 5.32 Å². The molecule has 0 bridgehead atoms. The van der Waals surface area contributed by atoms with E-state index in [9.17, 15) is 4.79 Å². The van der Waals surface area contributed by atoms with Gasteiger partial charge in [0.05, 0.1) is 12.4 Å². The molecule has 2 rings (SSSR count). The molecule has 1 aromatic heterocycles. The summed E-state index contributed by atoms with van der Waals surface area (Å²) in [4.78, 5) is 11.9. The topological polar surface area (TPSA) is 69.0 Å². The van der Waals surface area contributed by atoms with Gasteiger partial charge in [-0.15, -0.1) is 10.2 Å². The van der Waals surface area contributed by atoms with Crippen molar-refractivity contribution < 1.29 is 9.53 Å². The zero-order valence-electron chi connectivity index (χ0n) is 13.7. The molecule has 0 aliphatic rings. The number of hydrogen-bond acceptors (Lipinski definition) is 5. The number of benzene rings is 1. The molecular weight excluding hydrogens is 312 g/mol. The van der Waals surface area contributed by atoms with Crippen LogP contribution in [-0.2, 0) is 16.1 Å². The first-order valence-corrected chi connectivity index (χ1v) is 8.54. The van der Waals surface area contributed by atoms with Gasteiger partial charge in [-0.2, -0.15) is 0 Å². The zero-order valence-corrected chi connectivity index (χ0v) is 14.5. The summed E-state index contributed by atoms with van der Waals surface area (Å²) in [7, 11) is 1.62. The molecule has 0 radical (unpaired) electrons. The molecule has 1 N–H and O–H groups in total. The lowest BCUT2D eigenvalue weighted by atomic mass is 10.2. The van der Waals surface area contributed by atoms with E-state index in [1.165, 1.54) is 11.8 Å². The number of nitrogens with one attached hydrogen (secondary N) is 1. The molecule has 0 unspecified atom stereocenters. The third-order valence-electron chi connectivity index (χ3n) is 3.22. The highest BCUT2D eigenvalue weighted by atomic mass is 32.2. The molecule has 23 heavy (non-hydrogen) atoms. The molecule has 1 atom stereocenters. The van der Waals surface area contributed by atoms with Crippen LogP contribution in [-0.4, -0.2) is 46.2 Å². The number of carbonyl (C=O) groups is 1. The molecule has 0 fully saturated rings. The van der Waals surface area contributed by atoms with Gasteiger partial charge in [-0.3, -0.25) is 4.79 Å². The Balaban J connectivity index is 2.01. The van der Waals surface area contributed by atoms with Crippen molar-refractivity contribution >= 4 is 17.7 Å². The minimum atomic E-state index is -0.0357. The Bertz CT molecular complexity index is 630. The number of carbonyl (C=O) groups excluding carboxylic acids is 1. The third-order valence-corrected chi connectivity index (χ3v) is 4.19. The number of methoxy groups -OCH3 is 1. The number of rotatable bonds is 8. The van der Waals surface area contributed by atoms with Crippen molar-refractivity contribution in [3.63, 3.8) is 0 Å². The van der Waals surface area contributed by atoms with Gasteiger partial charge < -0.3 is 14.6 Å². The Labute approximate surface area is 140 Å². The van der Waals surface area contributed by atoms with Crippen LogP contribution in [0.15, 0.2) is 35.5 Å². The molecule has 1 aromatic carbocycles. The average molecular weight is 334 g/mol. The number of aromatic nitrogens is 3. The molecule has 2 aromatic rings. The van der Waals surface area contributed by atoms with E-state index in [1.54, 1.807) is 7.11 Å². The molecular formula is C16H22N4O2S. The van der Waals surface area contributed by atoms with Gasteiger partial charge in [0, 0.05) is 25.3 Å². The van der Waals surface area contributed by atoms with E-state index in [-0.39, 0.29) is 11.9 Å². The van der Waals surface area contributed by atoms with E-state index < -0.39 is 0 Å². The highest BCUT2D eigenvalue weighted by Crippen LogP contribution is 2.23. The standard InChI is InChI=1S/C16H22N4O2S/c1-4-20-15(13-8-6-5-7-9-13)18-19-16(20)23-11-14(21)17-12(2)10-22-3/h5-9,12H,4,10-11H2,1-3H3,(H,17,21)/t12-/m0/s1. The van der Waals surface area contributed by atoms with Crippen molar-refractivity contribution in [3.8, 4) is 11.4 Å². The number of ether oxygens (including phenoxy) is 1. The lowest BCUT2D eigenvalue weighted by molar-refractivity contribution is -0.119. The SMILES string of the molecule is CCn1c(SCC(=O)N[C@@H](C)COC)nnc1-c1ccccc1. The van der Waals surface area contributed by atoms with E-state index in [0.29, 0.717) is 12.4 Å². The summed E-state index contributed by atoms with van der Waals surface area (Å²) in [5.41, 5.74) is 1.02. The van der Waals surface area contributed by atoms with E-state index in [0.717, 1.165) is 23.1 Å². The van der Waals surface area contributed by atoms with Crippen molar-refractivity contribution in [3.05, 3.63) is 30.3 Å². The maximum Gasteiger partial charge on any atom is 0.230 e. The zero-order chi connectivity index (χ0) is 16.7. The van der Waals surface area contributed by atoms with Crippen LogP contribution in [0.4, 0.5) is 0 Å². The Kier molecular flexibility index (Phi) is 6.61. The van der Waals surface area contributed by atoms with Crippen LogP contribution in [0, 0.1) is 0 Å². The predicted molar refractivity (Wildman–Crippen MR) is 91.3 cm³/mol. The van der Waals surface area contributed by atoms with Gasteiger partial charge in [-0.05, 0) is 13.8 Å². The van der Waals surface area contributed by atoms with Crippen LogP contribution in [0.1, 0.15) is 13.8 Å². The summed E-state index contributed by atoms with van der Waals surface area (Å²) in [6, 6.07) is 9.92. The molecule has 0 saturated carbocycles. The van der Waals surface area contributed by atoms with E-state index in [1.807, 2.05) is 48.7 Å². The monoisotopic (exact) mass is 334 g/mol. The van der Waals surface area contributed by atoms with Gasteiger partial charge in [-0.1, -0.05) is 42.1 Å². The Morgan fingerprint density at radius 3 is 2.74 bits per heavy atom. The van der Waals surface area contributed by atoms with Crippen molar-refractivity contribution in [2.24, 2.45) is 0 Å². The van der Waals surface area contributed by atoms with Gasteiger partial charge in [0.15, 0.2) is 11.0 Å². The second-order valence-electron chi connectivity index (χ2n) is 5.13. The largest absolute Gasteiger partial charge is 0.383 e. The van der Waals surface area contributed by atoms with E-state index in [4.69, 9.17) is 4.74 Å². The number of hydrogen-bond donors (Lipinski definition) is 1. The quantitative estimate of drug-likeness (QED) is 0.750. The van der Waals surface area contributed by atoms with Gasteiger partial charge in [0.25, 0.3) is 0 Å². The molecule has 6 nitrogen and oxygen atoms in total. The van der Waals surface area contributed by atoms with Crippen LogP contribution in [0.3, 0.4) is 0 Å². The van der Waals surface area contributed by atoms with E-state index in [2.05, 4.69) is 15.5 Å². The summed E-state index contributed by atoms with van der Waals surface area (Å²) in [6.07, 6.45) is 0. The first kappa shape index (κ1) is 17.5. The molecule has 0 saturated heterocycles. The highest BCUT2D eigenvalue weighted by Gasteiger charge is 2.15. The maximum atomic E-state index is 11.9. The minimum Gasteiger partial charge on any atom is -0.383 e. The summed E-state index contributed by atoms with van der Waals surface area (Å²) in [6.45, 7) is 5.20. The number of amides is 1. The number of nitrogens with zero attached hydrogens (tertiary/aromatic N) is 3. The normalized spacial score (nSPS) is 12.1. The molecule has 0 aliphatic heterocycles. The maximum absolute atomic E-state index is 11.9. The Hall–Kier alpha value is -1.86. The van der Waals surface area contributed by atoms with Crippen LogP contribution in [0.25, 0.3) is 11.4 Å². The number of thioether (sulfide) groups is 1. The molecule has 7 heteroatoms. The van der Waals surface area contributed by atoms with Crippen LogP contribution in [0.2, 0.25) is 0 Å². The first-order valence-electron chi connectivity index (χ1n) is 7.55.